The van der Waals surface area contributed by atoms with Crippen LogP contribution in [0.3, 0.4) is 0 Å². The van der Waals surface area contributed by atoms with Crippen LogP contribution in [0.5, 0.6) is 0 Å². The third kappa shape index (κ3) is 1.34. The Labute approximate surface area is 93.0 Å². The molecular weight excluding hydrogens is 242 g/mol. The second kappa shape index (κ2) is 3.11. The predicted octanol–water partition coefficient (Wildman–Crippen LogP) is 3.05. The molecule has 2 atom stereocenters. The smallest absolute Gasteiger partial charge is 0.169 e. The fourth-order valence-electron chi connectivity index (χ4n) is 2.47. The van der Waals surface area contributed by atoms with Crippen LogP contribution in [0.1, 0.15) is 31.1 Å². The molecule has 78 valence electrons. The standard InChI is InChI=1S/C11H16BrNO/c1-6-4-8(12)14-10(6)9-7(5-13)11(9,2)3/h4,7,9H,5,13H2,1-3H3/t7-,9+/m1/s1. The number of hydrogen-bond acceptors (Lipinski definition) is 2. The summed E-state index contributed by atoms with van der Waals surface area (Å²) in [4.78, 5) is 0. The third-order valence-corrected chi connectivity index (χ3v) is 3.90. The van der Waals surface area contributed by atoms with Gasteiger partial charge in [-0.25, -0.2) is 0 Å². The summed E-state index contributed by atoms with van der Waals surface area (Å²) in [7, 11) is 0. The van der Waals surface area contributed by atoms with E-state index in [4.69, 9.17) is 10.2 Å². The van der Waals surface area contributed by atoms with Gasteiger partial charge in [0.1, 0.15) is 5.76 Å². The molecule has 3 heteroatoms. The minimum Gasteiger partial charge on any atom is -0.454 e. The summed E-state index contributed by atoms with van der Waals surface area (Å²) in [5.41, 5.74) is 7.27. The molecule has 0 amide bonds. The van der Waals surface area contributed by atoms with Gasteiger partial charge in [0, 0.05) is 5.92 Å². The monoisotopic (exact) mass is 257 g/mol. The zero-order valence-electron chi connectivity index (χ0n) is 8.80. The molecule has 1 fully saturated rings. The molecule has 1 aliphatic rings. The molecule has 0 unspecified atom stereocenters. The minimum absolute atomic E-state index is 0.302. The Morgan fingerprint density at radius 1 is 1.57 bits per heavy atom. The highest BCUT2D eigenvalue weighted by Crippen LogP contribution is 2.64. The van der Waals surface area contributed by atoms with E-state index in [1.165, 1.54) is 5.56 Å². The zero-order valence-corrected chi connectivity index (χ0v) is 10.4. The van der Waals surface area contributed by atoms with Gasteiger partial charge in [0.15, 0.2) is 4.67 Å². The van der Waals surface area contributed by atoms with Crippen LogP contribution in [0.4, 0.5) is 0 Å². The van der Waals surface area contributed by atoms with Crippen molar-refractivity contribution in [2.24, 2.45) is 17.1 Å². The Morgan fingerprint density at radius 2 is 2.21 bits per heavy atom. The first kappa shape index (κ1) is 10.2. The van der Waals surface area contributed by atoms with Crippen LogP contribution < -0.4 is 5.73 Å². The van der Waals surface area contributed by atoms with E-state index in [2.05, 4.69) is 36.7 Å². The number of rotatable bonds is 2. The van der Waals surface area contributed by atoms with Gasteiger partial charge in [-0.05, 0) is 52.4 Å². The summed E-state index contributed by atoms with van der Waals surface area (Å²) in [5, 5.41) is 0. The van der Waals surface area contributed by atoms with Crippen molar-refractivity contribution >= 4 is 15.9 Å². The molecule has 2 N–H and O–H groups in total. The quantitative estimate of drug-likeness (QED) is 0.885. The van der Waals surface area contributed by atoms with Crippen LogP contribution in [-0.4, -0.2) is 6.54 Å². The molecule has 0 saturated heterocycles. The van der Waals surface area contributed by atoms with E-state index < -0.39 is 0 Å². The molecule has 2 rings (SSSR count). The summed E-state index contributed by atoms with van der Waals surface area (Å²) in [6, 6.07) is 2.03. The molecule has 1 heterocycles. The van der Waals surface area contributed by atoms with Gasteiger partial charge in [0.25, 0.3) is 0 Å². The Morgan fingerprint density at radius 3 is 2.57 bits per heavy atom. The second-order valence-electron chi connectivity index (χ2n) is 4.74. The van der Waals surface area contributed by atoms with Gasteiger partial charge in [0.2, 0.25) is 0 Å². The molecule has 0 bridgehead atoms. The number of furan rings is 1. The van der Waals surface area contributed by atoms with Gasteiger partial charge in [-0.15, -0.1) is 0 Å². The molecule has 1 aliphatic carbocycles. The van der Waals surface area contributed by atoms with Crippen molar-refractivity contribution in [2.45, 2.75) is 26.7 Å². The summed E-state index contributed by atoms with van der Waals surface area (Å²) in [6.45, 7) is 7.34. The maximum absolute atomic E-state index is 5.74. The van der Waals surface area contributed by atoms with Gasteiger partial charge < -0.3 is 10.2 Å². The first-order valence-corrected chi connectivity index (χ1v) is 5.73. The zero-order chi connectivity index (χ0) is 10.5. The van der Waals surface area contributed by atoms with Crippen molar-refractivity contribution < 1.29 is 4.42 Å². The lowest BCUT2D eigenvalue weighted by Crippen LogP contribution is -2.05. The van der Waals surface area contributed by atoms with E-state index >= 15 is 0 Å². The van der Waals surface area contributed by atoms with Gasteiger partial charge in [-0.2, -0.15) is 0 Å². The SMILES string of the molecule is Cc1cc(Br)oc1[C@@H]1[C@@H](CN)C1(C)C. The largest absolute Gasteiger partial charge is 0.454 e. The molecule has 0 aliphatic heterocycles. The lowest BCUT2D eigenvalue weighted by Gasteiger charge is -2.00. The number of aryl methyl sites for hydroxylation is 1. The average Bonchev–Trinajstić information content (AvgIpc) is 2.46. The normalized spacial score (nSPS) is 29.2. The highest BCUT2D eigenvalue weighted by atomic mass is 79.9. The molecule has 1 aromatic heterocycles. The van der Waals surface area contributed by atoms with Crippen LogP contribution in [0.15, 0.2) is 15.2 Å². The van der Waals surface area contributed by atoms with Crippen molar-refractivity contribution in [1.29, 1.82) is 0 Å². The molecule has 2 nitrogen and oxygen atoms in total. The fourth-order valence-corrected chi connectivity index (χ4v) is 2.99. The van der Waals surface area contributed by atoms with Gasteiger partial charge in [0.05, 0.1) is 0 Å². The van der Waals surface area contributed by atoms with E-state index in [1.54, 1.807) is 0 Å². The first-order chi connectivity index (χ1) is 6.48. The summed E-state index contributed by atoms with van der Waals surface area (Å²) >= 11 is 3.36. The van der Waals surface area contributed by atoms with Gasteiger partial charge >= 0.3 is 0 Å². The second-order valence-corrected chi connectivity index (χ2v) is 5.52. The van der Waals surface area contributed by atoms with E-state index in [9.17, 15) is 0 Å². The number of nitrogens with two attached hydrogens (primary N) is 1. The molecule has 0 aromatic carbocycles. The van der Waals surface area contributed by atoms with E-state index in [0.717, 1.165) is 17.0 Å². The summed E-state index contributed by atoms with van der Waals surface area (Å²) < 4.78 is 6.49. The fraction of sp³-hybridized carbons (Fsp3) is 0.636. The molecule has 1 aromatic rings. The van der Waals surface area contributed by atoms with Crippen LogP contribution in [0.2, 0.25) is 0 Å². The first-order valence-electron chi connectivity index (χ1n) is 4.94. The Balaban J connectivity index is 2.30. The molecule has 1 saturated carbocycles. The lowest BCUT2D eigenvalue weighted by molar-refractivity contribution is 0.462. The molecule has 14 heavy (non-hydrogen) atoms. The summed E-state index contributed by atoms with van der Waals surface area (Å²) in [5.74, 6) is 2.18. The predicted molar refractivity (Wildman–Crippen MR) is 60.2 cm³/mol. The molecule has 0 radical (unpaired) electrons. The Kier molecular flexibility index (Phi) is 2.27. The number of hydrogen-bond donors (Lipinski definition) is 1. The third-order valence-electron chi connectivity index (χ3n) is 3.51. The maximum Gasteiger partial charge on any atom is 0.169 e. The van der Waals surface area contributed by atoms with E-state index in [-0.39, 0.29) is 0 Å². The lowest BCUT2D eigenvalue weighted by atomic mass is 10.1. The van der Waals surface area contributed by atoms with Crippen LogP contribution in [0.25, 0.3) is 0 Å². The Bertz CT molecular complexity index is 356. The van der Waals surface area contributed by atoms with E-state index in [0.29, 0.717) is 17.3 Å². The van der Waals surface area contributed by atoms with Crippen LogP contribution >= 0.6 is 15.9 Å². The van der Waals surface area contributed by atoms with Gasteiger partial charge in [-0.3, -0.25) is 0 Å². The molecule has 0 spiro atoms. The van der Waals surface area contributed by atoms with E-state index in [1.807, 2.05) is 6.07 Å². The number of halogens is 1. The van der Waals surface area contributed by atoms with Crippen molar-refractivity contribution in [3.8, 4) is 0 Å². The van der Waals surface area contributed by atoms with Crippen molar-refractivity contribution in [3.05, 3.63) is 22.1 Å². The highest BCUT2D eigenvalue weighted by molar-refractivity contribution is 9.10. The average molecular weight is 258 g/mol. The van der Waals surface area contributed by atoms with Crippen LogP contribution in [-0.2, 0) is 0 Å². The van der Waals surface area contributed by atoms with Gasteiger partial charge in [-0.1, -0.05) is 13.8 Å². The van der Waals surface area contributed by atoms with Crippen molar-refractivity contribution in [2.75, 3.05) is 6.54 Å². The van der Waals surface area contributed by atoms with Crippen LogP contribution in [0, 0.1) is 18.3 Å². The molecular formula is C11H16BrNO. The highest BCUT2D eigenvalue weighted by Gasteiger charge is 2.59. The maximum atomic E-state index is 5.74. The topological polar surface area (TPSA) is 39.2 Å². The Hall–Kier alpha value is -0.280. The van der Waals surface area contributed by atoms with Crippen molar-refractivity contribution in [3.63, 3.8) is 0 Å². The summed E-state index contributed by atoms with van der Waals surface area (Å²) in [6.07, 6.45) is 0. The minimum atomic E-state index is 0.302. The van der Waals surface area contributed by atoms with Crippen molar-refractivity contribution in [1.82, 2.24) is 0 Å².